The average Bonchev–Trinajstić information content (AvgIpc) is 3.23. The molecule has 0 radical (unpaired) electrons. The van der Waals surface area contributed by atoms with Crippen LogP contribution in [-0.2, 0) is 0 Å². The third-order valence-electron chi connectivity index (χ3n) is 8.09. The van der Waals surface area contributed by atoms with Gasteiger partial charge in [-0.1, -0.05) is 0 Å². The minimum atomic E-state index is -0.824. The molecule has 4 aliphatic carbocycles. The highest BCUT2D eigenvalue weighted by atomic mass is 16.4. The standard InChI is InChI=1S/C23H29N5O3/c1-22(2,3)28(21(30)31)23-8-12-6-13(9-23)17(14(7-12)10-23)27-18-15-4-5-24-19(15)25-11-16(18)26-20(27)29/h4-5,11-14,17H,6-10H2,1-3H3,(H,24,25)(H,26,29)(H,30,31). The van der Waals surface area contributed by atoms with Crippen LogP contribution in [-0.4, -0.2) is 46.7 Å². The van der Waals surface area contributed by atoms with Gasteiger partial charge in [-0.2, -0.15) is 0 Å². The van der Waals surface area contributed by atoms with E-state index in [1.54, 1.807) is 11.1 Å². The van der Waals surface area contributed by atoms with Crippen LogP contribution in [0.5, 0.6) is 0 Å². The maximum atomic E-state index is 13.2. The smallest absolute Gasteiger partial charge is 0.408 e. The maximum Gasteiger partial charge on any atom is 0.408 e. The Morgan fingerprint density at radius 1 is 1.26 bits per heavy atom. The van der Waals surface area contributed by atoms with Crippen molar-refractivity contribution in [2.45, 2.75) is 70.0 Å². The van der Waals surface area contributed by atoms with Crippen LogP contribution < -0.4 is 5.69 Å². The summed E-state index contributed by atoms with van der Waals surface area (Å²) in [6.45, 7) is 5.99. The molecule has 4 fully saturated rings. The lowest BCUT2D eigenvalue weighted by Gasteiger charge is -2.64. The van der Waals surface area contributed by atoms with Crippen molar-refractivity contribution < 1.29 is 9.90 Å². The Morgan fingerprint density at radius 3 is 2.61 bits per heavy atom. The number of rotatable bonds is 2. The number of fused-ring (bicyclic) bond motifs is 3. The Bertz CT molecular complexity index is 1250. The summed E-state index contributed by atoms with van der Waals surface area (Å²) in [5, 5.41) is 11.1. The van der Waals surface area contributed by atoms with Gasteiger partial charge in [0.2, 0.25) is 0 Å². The quantitative estimate of drug-likeness (QED) is 0.577. The molecule has 164 valence electrons. The minimum Gasteiger partial charge on any atom is -0.465 e. The molecule has 3 aromatic heterocycles. The topological polar surface area (TPSA) is 107 Å². The van der Waals surface area contributed by atoms with Gasteiger partial charge in [0.15, 0.2) is 0 Å². The Balaban J connectivity index is 1.49. The number of amides is 1. The summed E-state index contributed by atoms with van der Waals surface area (Å²) in [5.41, 5.74) is 1.62. The van der Waals surface area contributed by atoms with Gasteiger partial charge in [0.25, 0.3) is 0 Å². The fourth-order valence-electron chi connectivity index (χ4n) is 7.76. The van der Waals surface area contributed by atoms with E-state index in [9.17, 15) is 14.7 Å². The van der Waals surface area contributed by atoms with Crippen LogP contribution in [0.4, 0.5) is 4.79 Å². The number of hydrogen-bond acceptors (Lipinski definition) is 3. The van der Waals surface area contributed by atoms with Crippen molar-refractivity contribution >= 4 is 28.2 Å². The molecule has 3 N–H and O–H groups in total. The van der Waals surface area contributed by atoms with Crippen molar-refractivity contribution in [3.05, 3.63) is 28.9 Å². The number of hydrogen-bond donors (Lipinski definition) is 3. The first-order valence-corrected chi connectivity index (χ1v) is 11.3. The summed E-state index contributed by atoms with van der Waals surface area (Å²) in [4.78, 5) is 37.9. The zero-order chi connectivity index (χ0) is 21.7. The van der Waals surface area contributed by atoms with E-state index in [2.05, 4.69) is 15.0 Å². The fraction of sp³-hybridized carbons (Fsp3) is 0.609. The first kappa shape index (κ1) is 19.0. The number of aromatic nitrogens is 4. The maximum absolute atomic E-state index is 13.2. The lowest BCUT2D eigenvalue weighted by Crippen LogP contribution is -2.67. The summed E-state index contributed by atoms with van der Waals surface area (Å²) in [5.74, 6) is 1.14. The van der Waals surface area contributed by atoms with Crippen molar-refractivity contribution in [2.75, 3.05) is 0 Å². The summed E-state index contributed by atoms with van der Waals surface area (Å²) in [6, 6.07) is 2.08. The molecule has 7 rings (SSSR count). The number of aromatic amines is 2. The second kappa shape index (κ2) is 5.93. The highest BCUT2D eigenvalue weighted by Crippen LogP contribution is 2.62. The highest BCUT2D eigenvalue weighted by Gasteiger charge is 2.61. The van der Waals surface area contributed by atoms with Crippen LogP contribution in [0, 0.1) is 17.8 Å². The Kier molecular flexibility index (Phi) is 3.62. The van der Waals surface area contributed by atoms with E-state index in [1.165, 1.54) is 0 Å². The molecule has 3 heterocycles. The third kappa shape index (κ3) is 2.50. The molecule has 0 saturated heterocycles. The first-order chi connectivity index (χ1) is 14.7. The number of nitrogens with one attached hydrogen (secondary N) is 2. The lowest BCUT2D eigenvalue weighted by molar-refractivity contribution is -0.126. The van der Waals surface area contributed by atoms with Gasteiger partial charge in [0.05, 0.1) is 17.2 Å². The monoisotopic (exact) mass is 423 g/mol. The van der Waals surface area contributed by atoms with E-state index < -0.39 is 11.6 Å². The number of nitrogens with zero attached hydrogens (tertiary/aromatic N) is 3. The van der Waals surface area contributed by atoms with Crippen LogP contribution in [0.3, 0.4) is 0 Å². The largest absolute Gasteiger partial charge is 0.465 e. The van der Waals surface area contributed by atoms with Crippen molar-refractivity contribution in [3.63, 3.8) is 0 Å². The van der Waals surface area contributed by atoms with E-state index in [-0.39, 0.29) is 17.3 Å². The molecule has 2 unspecified atom stereocenters. The molecule has 0 spiro atoms. The van der Waals surface area contributed by atoms with Crippen LogP contribution in [0.2, 0.25) is 0 Å². The number of H-pyrrole nitrogens is 2. The van der Waals surface area contributed by atoms with Crippen LogP contribution in [0.1, 0.15) is 58.9 Å². The van der Waals surface area contributed by atoms with Gasteiger partial charge in [-0.3, -0.25) is 9.47 Å². The van der Waals surface area contributed by atoms with Gasteiger partial charge in [-0.05, 0) is 76.7 Å². The molecule has 3 aromatic rings. The molecule has 0 aromatic carbocycles. The summed E-state index contributed by atoms with van der Waals surface area (Å²) < 4.78 is 1.98. The molecule has 2 atom stereocenters. The Morgan fingerprint density at radius 2 is 1.97 bits per heavy atom. The molecule has 4 saturated carbocycles. The Labute approximate surface area is 179 Å². The fourth-order valence-corrected chi connectivity index (χ4v) is 7.76. The van der Waals surface area contributed by atoms with E-state index in [0.29, 0.717) is 17.8 Å². The van der Waals surface area contributed by atoms with Crippen molar-refractivity contribution in [1.29, 1.82) is 0 Å². The summed E-state index contributed by atoms with van der Waals surface area (Å²) in [6.07, 6.45) is 7.51. The Hall–Kier alpha value is -2.77. The second-order valence-corrected chi connectivity index (χ2v) is 11.0. The van der Waals surface area contributed by atoms with E-state index in [0.717, 1.165) is 54.2 Å². The molecular formula is C23H29N5O3. The average molecular weight is 424 g/mol. The zero-order valence-electron chi connectivity index (χ0n) is 18.2. The molecular weight excluding hydrogens is 394 g/mol. The van der Waals surface area contributed by atoms with Crippen molar-refractivity contribution in [2.24, 2.45) is 17.8 Å². The third-order valence-corrected chi connectivity index (χ3v) is 8.09. The van der Waals surface area contributed by atoms with Gasteiger partial charge in [0.1, 0.15) is 5.65 Å². The molecule has 8 heteroatoms. The predicted molar refractivity (Wildman–Crippen MR) is 117 cm³/mol. The van der Waals surface area contributed by atoms with Crippen molar-refractivity contribution in [3.8, 4) is 0 Å². The number of carbonyl (C=O) groups is 1. The van der Waals surface area contributed by atoms with Crippen LogP contribution in [0.25, 0.3) is 22.1 Å². The highest BCUT2D eigenvalue weighted by molar-refractivity contribution is 6.00. The van der Waals surface area contributed by atoms with Crippen molar-refractivity contribution in [1.82, 2.24) is 24.4 Å². The van der Waals surface area contributed by atoms with Gasteiger partial charge >= 0.3 is 11.8 Å². The SMILES string of the molecule is CC(C)(C)N(C(=O)O)C12CC3CC(C1)C(n1c(=O)[nH]c4cnc5[nH]ccc5c41)C(C3)C2. The van der Waals surface area contributed by atoms with Crippen LogP contribution in [0.15, 0.2) is 23.3 Å². The molecule has 31 heavy (non-hydrogen) atoms. The van der Waals surface area contributed by atoms with Gasteiger partial charge in [-0.25, -0.2) is 14.6 Å². The van der Waals surface area contributed by atoms with Gasteiger partial charge < -0.3 is 15.1 Å². The number of carboxylic acid groups (broad SMARTS) is 1. The molecule has 4 bridgehead atoms. The van der Waals surface area contributed by atoms with Gasteiger partial charge in [-0.15, -0.1) is 0 Å². The molecule has 0 aliphatic heterocycles. The van der Waals surface area contributed by atoms with Crippen LogP contribution >= 0.6 is 0 Å². The summed E-state index contributed by atoms with van der Waals surface area (Å²) >= 11 is 0. The van der Waals surface area contributed by atoms with E-state index >= 15 is 0 Å². The second-order valence-electron chi connectivity index (χ2n) is 11.0. The zero-order valence-corrected chi connectivity index (χ0v) is 18.2. The predicted octanol–water partition coefficient (Wildman–Crippen LogP) is 4.10. The lowest BCUT2D eigenvalue weighted by atomic mass is 9.50. The number of pyridine rings is 1. The molecule has 1 amide bonds. The normalized spacial score (nSPS) is 32.2. The number of imidazole rings is 1. The molecule has 8 nitrogen and oxygen atoms in total. The van der Waals surface area contributed by atoms with Gasteiger partial charge in [0, 0.05) is 28.7 Å². The minimum absolute atomic E-state index is 0.0806. The first-order valence-electron chi connectivity index (χ1n) is 11.3. The van der Waals surface area contributed by atoms with E-state index in [1.807, 2.05) is 37.6 Å². The van der Waals surface area contributed by atoms with E-state index in [4.69, 9.17) is 0 Å². The molecule has 4 aliphatic rings. The summed E-state index contributed by atoms with van der Waals surface area (Å²) in [7, 11) is 0.